The van der Waals surface area contributed by atoms with Crippen LogP contribution < -0.4 is 4.74 Å². The van der Waals surface area contributed by atoms with Crippen LogP contribution in [0.15, 0.2) is 18.2 Å². The van der Waals surface area contributed by atoms with Gasteiger partial charge in [0.25, 0.3) is 0 Å². The van der Waals surface area contributed by atoms with Gasteiger partial charge in [-0.3, -0.25) is 0 Å². The maximum Gasteiger partial charge on any atom is 0.122 e. The summed E-state index contributed by atoms with van der Waals surface area (Å²) in [5.74, 6) is 4.14. The van der Waals surface area contributed by atoms with Crippen molar-refractivity contribution in [3.05, 3.63) is 29.3 Å². The Kier molecular flexibility index (Phi) is 4.92. The number of hydrogen-bond donors (Lipinski definition) is 0. The van der Waals surface area contributed by atoms with Crippen LogP contribution in [-0.2, 0) is 0 Å². The van der Waals surface area contributed by atoms with Crippen molar-refractivity contribution in [1.29, 1.82) is 0 Å². The molecular weight excluding hydrogens is 196 g/mol. The van der Waals surface area contributed by atoms with Crippen molar-refractivity contribution < 1.29 is 4.74 Å². The molecule has 0 aliphatic heterocycles. The van der Waals surface area contributed by atoms with Crippen molar-refractivity contribution in [2.45, 2.75) is 39.5 Å². The second-order valence-corrected chi connectivity index (χ2v) is 4.34. The molecule has 0 aromatic heterocycles. The predicted octanol–water partition coefficient (Wildman–Crippen LogP) is 3.91. The first-order chi connectivity index (χ1) is 7.65. The lowest BCUT2D eigenvalue weighted by Gasteiger charge is -2.12. The van der Waals surface area contributed by atoms with E-state index in [9.17, 15) is 0 Å². The average molecular weight is 216 g/mol. The molecule has 0 saturated carbocycles. The van der Waals surface area contributed by atoms with Gasteiger partial charge in [0.2, 0.25) is 0 Å². The van der Waals surface area contributed by atoms with E-state index in [1.807, 2.05) is 0 Å². The first kappa shape index (κ1) is 12.6. The molecule has 1 nitrogen and oxygen atoms in total. The summed E-state index contributed by atoms with van der Waals surface area (Å²) >= 11 is 0. The van der Waals surface area contributed by atoms with Gasteiger partial charge in [-0.2, -0.15) is 0 Å². The molecule has 0 aliphatic rings. The van der Waals surface area contributed by atoms with Crippen LogP contribution in [0.3, 0.4) is 0 Å². The highest BCUT2D eigenvalue weighted by Gasteiger charge is 2.04. The first-order valence-corrected chi connectivity index (χ1v) is 5.82. The van der Waals surface area contributed by atoms with Crippen LogP contribution in [0.5, 0.6) is 5.75 Å². The second kappa shape index (κ2) is 6.23. The van der Waals surface area contributed by atoms with E-state index in [4.69, 9.17) is 11.2 Å². The normalized spacial score (nSPS) is 10.2. The van der Waals surface area contributed by atoms with Gasteiger partial charge in [0.15, 0.2) is 0 Å². The molecule has 1 aromatic rings. The molecule has 1 rings (SSSR count). The van der Waals surface area contributed by atoms with Gasteiger partial charge in [-0.15, -0.1) is 12.3 Å². The van der Waals surface area contributed by atoms with E-state index >= 15 is 0 Å². The van der Waals surface area contributed by atoms with Gasteiger partial charge in [0, 0.05) is 6.42 Å². The molecule has 0 unspecified atom stereocenters. The fraction of sp³-hybridized carbons (Fsp3) is 0.467. The zero-order valence-corrected chi connectivity index (χ0v) is 10.4. The molecule has 0 saturated heterocycles. The molecule has 16 heavy (non-hydrogen) atoms. The minimum atomic E-state index is 0.536. The number of terminal acetylenes is 1. The molecular formula is C15H20O. The molecule has 86 valence electrons. The molecule has 0 bridgehead atoms. The fourth-order valence-electron chi connectivity index (χ4n) is 1.49. The first-order valence-electron chi connectivity index (χ1n) is 5.82. The fourth-order valence-corrected chi connectivity index (χ4v) is 1.49. The smallest absolute Gasteiger partial charge is 0.122 e. The van der Waals surface area contributed by atoms with E-state index in [1.165, 1.54) is 11.1 Å². The predicted molar refractivity (Wildman–Crippen MR) is 68.8 cm³/mol. The van der Waals surface area contributed by atoms with Gasteiger partial charge >= 0.3 is 0 Å². The summed E-state index contributed by atoms with van der Waals surface area (Å²) < 4.78 is 5.73. The van der Waals surface area contributed by atoms with Gasteiger partial charge in [-0.1, -0.05) is 26.0 Å². The summed E-state index contributed by atoms with van der Waals surface area (Å²) in [5, 5.41) is 0. The molecule has 0 fully saturated rings. The molecule has 0 amide bonds. The highest BCUT2D eigenvalue weighted by molar-refractivity contribution is 5.37. The minimum absolute atomic E-state index is 0.536. The maximum atomic E-state index is 5.73. The third kappa shape index (κ3) is 3.62. The topological polar surface area (TPSA) is 9.23 Å². The van der Waals surface area contributed by atoms with Crippen molar-refractivity contribution in [2.75, 3.05) is 6.61 Å². The summed E-state index contributed by atoms with van der Waals surface area (Å²) in [4.78, 5) is 0. The lowest BCUT2D eigenvalue weighted by Crippen LogP contribution is -1.99. The minimum Gasteiger partial charge on any atom is -0.493 e. The Morgan fingerprint density at radius 3 is 2.75 bits per heavy atom. The lowest BCUT2D eigenvalue weighted by atomic mass is 10.0. The Morgan fingerprint density at radius 1 is 1.38 bits per heavy atom. The zero-order valence-electron chi connectivity index (χ0n) is 10.4. The van der Waals surface area contributed by atoms with Crippen molar-refractivity contribution in [1.82, 2.24) is 0 Å². The number of rotatable bonds is 5. The van der Waals surface area contributed by atoms with Crippen molar-refractivity contribution >= 4 is 0 Å². The Balaban J connectivity index is 2.64. The number of ether oxygens (including phenoxy) is 1. The summed E-state index contributed by atoms with van der Waals surface area (Å²) in [6.07, 6.45) is 6.90. The van der Waals surface area contributed by atoms with Crippen LogP contribution >= 0.6 is 0 Å². The molecule has 1 aromatic carbocycles. The molecule has 0 atom stereocenters. The molecule has 0 radical (unpaired) electrons. The molecule has 0 N–H and O–H groups in total. The molecule has 0 spiro atoms. The number of benzene rings is 1. The number of hydrogen-bond acceptors (Lipinski definition) is 1. The summed E-state index contributed by atoms with van der Waals surface area (Å²) in [5.41, 5.74) is 2.50. The number of unbranched alkanes of at least 4 members (excludes halogenated alkanes) is 1. The third-order valence-electron chi connectivity index (χ3n) is 2.60. The quantitative estimate of drug-likeness (QED) is 0.535. The summed E-state index contributed by atoms with van der Waals surface area (Å²) in [6, 6.07) is 6.41. The van der Waals surface area contributed by atoms with Crippen molar-refractivity contribution in [3.63, 3.8) is 0 Å². The van der Waals surface area contributed by atoms with Gasteiger partial charge in [0.05, 0.1) is 6.61 Å². The van der Waals surface area contributed by atoms with Crippen molar-refractivity contribution in [3.8, 4) is 18.1 Å². The van der Waals surface area contributed by atoms with E-state index in [-0.39, 0.29) is 0 Å². The van der Waals surface area contributed by atoms with E-state index in [0.29, 0.717) is 12.5 Å². The van der Waals surface area contributed by atoms with Crippen LogP contribution in [0, 0.1) is 19.3 Å². The van der Waals surface area contributed by atoms with Crippen LogP contribution in [0.4, 0.5) is 0 Å². The van der Waals surface area contributed by atoms with E-state index in [0.717, 1.165) is 18.6 Å². The molecule has 0 aliphatic carbocycles. The van der Waals surface area contributed by atoms with Gasteiger partial charge < -0.3 is 4.74 Å². The SMILES string of the molecule is C#CCCCOc1cc(C(C)C)ccc1C. The van der Waals surface area contributed by atoms with Crippen LogP contribution in [0.1, 0.15) is 43.7 Å². The van der Waals surface area contributed by atoms with Crippen LogP contribution in [-0.4, -0.2) is 6.61 Å². The van der Waals surface area contributed by atoms with Crippen LogP contribution in [0.25, 0.3) is 0 Å². The number of aryl methyl sites for hydroxylation is 1. The zero-order chi connectivity index (χ0) is 12.0. The van der Waals surface area contributed by atoms with Crippen LogP contribution in [0.2, 0.25) is 0 Å². The Morgan fingerprint density at radius 2 is 2.12 bits per heavy atom. The van der Waals surface area contributed by atoms with Gasteiger partial charge in [-0.25, -0.2) is 0 Å². The van der Waals surface area contributed by atoms with E-state index < -0.39 is 0 Å². The lowest BCUT2D eigenvalue weighted by molar-refractivity contribution is 0.310. The highest BCUT2D eigenvalue weighted by atomic mass is 16.5. The average Bonchev–Trinajstić information content (AvgIpc) is 2.26. The van der Waals surface area contributed by atoms with Gasteiger partial charge in [0.1, 0.15) is 5.75 Å². The molecule has 1 heteroatoms. The van der Waals surface area contributed by atoms with Crippen molar-refractivity contribution in [2.24, 2.45) is 0 Å². The second-order valence-electron chi connectivity index (χ2n) is 4.34. The monoisotopic (exact) mass is 216 g/mol. The summed E-state index contributed by atoms with van der Waals surface area (Å²) in [6.45, 7) is 7.15. The largest absolute Gasteiger partial charge is 0.493 e. The Hall–Kier alpha value is -1.42. The third-order valence-corrected chi connectivity index (χ3v) is 2.60. The van der Waals surface area contributed by atoms with E-state index in [1.54, 1.807) is 0 Å². The van der Waals surface area contributed by atoms with Gasteiger partial charge in [-0.05, 0) is 36.5 Å². The summed E-state index contributed by atoms with van der Waals surface area (Å²) in [7, 11) is 0. The maximum absolute atomic E-state index is 5.73. The Bertz CT molecular complexity index is 372. The molecule has 0 heterocycles. The standard InChI is InChI=1S/C15H20O/c1-5-6-7-10-16-15-11-14(12(2)3)9-8-13(15)4/h1,8-9,11-12H,6-7,10H2,2-4H3. The Labute approximate surface area is 98.8 Å². The van der Waals surface area contributed by atoms with E-state index in [2.05, 4.69) is 44.9 Å². The highest BCUT2D eigenvalue weighted by Crippen LogP contribution is 2.24.